The average molecular weight is 174 g/mol. The second-order valence-corrected chi connectivity index (χ2v) is 2.96. The predicted molar refractivity (Wildman–Crippen MR) is 56.4 cm³/mol. The van der Waals surface area contributed by atoms with Gasteiger partial charge in [0.05, 0.1) is 0 Å². The van der Waals surface area contributed by atoms with E-state index in [0.717, 1.165) is 10.8 Å². The standard InChI is InChI=1S/C14H6/c1-3-11-7-5-9-13-10-6-8-12(4-2)14(11)13/h5-10H/q-2. The molecule has 0 saturated heterocycles. The summed E-state index contributed by atoms with van der Waals surface area (Å²) >= 11 is 0. The molecule has 0 aliphatic rings. The van der Waals surface area contributed by atoms with Crippen LogP contribution in [0.4, 0.5) is 0 Å². The fourth-order valence-corrected chi connectivity index (χ4v) is 1.55. The summed E-state index contributed by atoms with van der Waals surface area (Å²) in [4.78, 5) is 0. The Morgan fingerprint density at radius 3 is 1.71 bits per heavy atom. The molecule has 2 rings (SSSR count). The topological polar surface area (TPSA) is 0 Å². The van der Waals surface area contributed by atoms with Crippen LogP contribution < -0.4 is 0 Å². The molecule has 0 radical (unpaired) electrons. The normalized spacial score (nSPS) is 9.29. The minimum absolute atomic E-state index is 0.706. The summed E-state index contributed by atoms with van der Waals surface area (Å²) in [5.74, 6) is 4.74. The summed E-state index contributed by atoms with van der Waals surface area (Å²) in [6, 6.07) is 11.3. The Kier molecular flexibility index (Phi) is 1.98. The van der Waals surface area contributed by atoms with Crippen LogP contribution in [0.25, 0.3) is 10.8 Å². The van der Waals surface area contributed by atoms with Gasteiger partial charge in [0.1, 0.15) is 0 Å². The second kappa shape index (κ2) is 3.29. The number of hydrogen-bond donors (Lipinski definition) is 0. The number of rotatable bonds is 0. The summed E-state index contributed by atoms with van der Waals surface area (Å²) in [5.41, 5.74) is 1.41. The molecule has 0 nitrogen and oxygen atoms in total. The Bertz CT molecular complexity index is 514. The van der Waals surface area contributed by atoms with Crippen molar-refractivity contribution in [3.05, 3.63) is 60.4 Å². The largest absolute Gasteiger partial charge is 0.366 e. The van der Waals surface area contributed by atoms with Gasteiger partial charge in [0.25, 0.3) is 0 Å². The molecule has 64 valence electrons. The van der Waals surface area contributed by atoms with Crippen LogP contribution in [0.3, 0.4) is 0 Å². The van der Waals surface area contributed by atoms with Gasteiger partial charge in [0.15, 0.2) is 0 Å². The van der Waals surface area contributed by atoms with Crippen molar-refractivity contribution in [2.45, 2.75) is 0 Å². The molecular formula is C14H6-2. The highest BCUT2D eigenvalue weighted by Gasteiger charge is 1.89. The molecule has 0 heterocycles. The van der Waals surface area contributed by atoms with Gasteiger partial charge in [0.2, 0.25) is 0 Å². The van der Waals surface area contributed by atoms with E-state index in [2.05, 4.69) is 11.8 Å². The zero-order chi connectivity index (χ0) is 9.97. The Balaban J connectivity index is 2.99. The average Bonchev–Trinajstić information content (AvgIpc) is 2.27. The summed E-state index contributed by atoms with van der Waals surface area (Å²) in [6.45, 7) is 0. The predicted octanol–water partition coefficient (Wildman–Crippen LogP) is 2.72. The molecule has 0 saturated carbocycles. The van der Waals surface area contributed by atoms with Gasteiger partial charge in [-0.15, -0.1) is 23.3 Å². The van der Waals surface area contributed by atoms with Crippen LogP contribution in [0.1, 0.15) is 11.1 Å². The SMILES string of the molecule is [C-]#Cc1cccc2cccc(C#[C-])c12. The number of hydrogen-bond acceptors (Lipinski definition) is 0. The molecule has 0 unspecified atom stereocenters. The molecule has 0 heteroatoms. The third-order valence-corrected chi connectivity index (χ3v) is 2.17. The zero-order valence-corrected chi connectivity index (χ0v) is 7.46. The number of fused-ring (bicyclic) bond motifs is 1. The van der Waals surface area contributed by atoms with Gasteiger partial charge in [-0.05, 0) is 0 Å². The lowest BCUT2D eigenvalue weighted by atomic mass is 10.00. The maximum atomic E-state index is 7.16. The fourth-order valence-electron chi connectivity index (χ4n) is 1.55. The van der Waals surface area contributed by atoms with E-state index in [1.54, 1.807) is 0 Å². The molecule has 0 amide bonds. The molecule has 0 bridgehead atoms. The van der Waals surface area contributed by atoms with Gasteiger partial charge >= 0.3 is 0 Å². The first-order valence-electron chi connectivity index (χ1n) is 4.24. The van der Waals surface area contributed by atoms with E-state index in [1.807, 2.05) is 36.4 Å². The van der Waals surface area contributed by atoms with E-state index in [1.165, 1.54) is 0 Å². The molecule has 0 aromatic heterocycles. The minimum atomic E-state index is 0.706. The van der Waals surface area contributed by atoms with Crippen molar-refractivity contribution in [3.8, 4) is 11.8 Å². The summed E-state index contributed by atoms with van der Waals surface area (Å²) < 4.78 is 0. The molecule has 0 aliphatic heterocycles. The first-order valence-corrected chi connectivity index (χ1v) is 4.24. The van der Waals surface area contributed by atoms with Gasteiger partial charge in [-0.2, -0.15) is 5.39 Å². The highest BCUT2D eigenvalue weighted by Crippen LogP contribution is 2.21. The molecular weight excluding hydrogens is 168 g/mol. The molecule has 0 spiro atoms. The first kappa shape index (κ1) is 8.42. The third-order valence-electron chi connectivity index (χ3n) is 2.17. The van der Waals surface area contributed by atoms with Crippen molar-refractivity contribution >= 4 is 10.8 Å². The third kappa shape index (κ3) is 1.15. The molecule has 2 aromatic rings. The quantitative estimate of drug-likeness (QED) is 0.425. The Morgan fingerprint density at radius 1 is 0.786 bits per heavy atom. The van der Waals surface area contributed by atoms with Gasteiger partial charge in [-0.25, -0.2) is 0 Å². The van der Waals surface area contributed by atoms with E-state index >= 15 is 0 Å². The molecule has 14 heavy (non-hydrogen) atoms. The maximum absolute atomic E-state index is 7.16. The number of benzene rings is 2. The van der Waals surface area contributed by atoms with Crippen LogP contribution in [-0.2, 0) is 0 Å². The van der Waals surface area contributed by atoms with Crippen molar-refractivity contribution in [1.82, 2.24) is 0 Å². The monoisotopic (exact) mass is 174 g/mol. The van der Waals surface area contributed by atoms with E-state index in [4.69, 9.17) is 12.8 Å². The molecule has 0 fully saturated rings. The van der Waals surface area contributed by atoms with Crippen LogP contribution in [0.2, 0.25) is 0 Å². The minimum Gasteiger partial charge on any atom is -0.366 e. The lowest BCUT2D eigenvalue weighted by molar-refractivity contribution is 1.67. The van der Waals surface area contributed by atoms with E-state index in [9.17, 15) is 0 Å². The Labute approximate surface area is 83.6 Å². The fraction of sp³-hybridized carbons (Fsp3) is 0. The lowest BCUT2D eigenvalue weighted by Gasteiger charge is -2.15. The van der Waals surface area contributed by atoms with Crippen LogP contribution in [-0.4, -0.2) is 0 Å². The smallest absolute Gasteiger partial charge is 0.0516 e. The summed E-state index contributed by atoms with van der Waals surface area (Å²) in [7, 11) is 0. The van der Waals surface area contributed by atoms with Crippen LogP contribution in [0.5, 0.6) is 0 Å². The van der Waals surface area contributed by atoms with Gasteiger partial charge in [-0.1, -0.05) is 29.7 Å². The summed E-state index contributed by atoms with van der Waals surface area (Å²) in [6.07, 6.45) is 14.3. The van der Waals surface area contributed by atoms with Crippen molar-refractivity contribution in [2.75, 3.05) is 0 Å². The highest BCUT2D eigenvalue weighted by atomic mass is 14.0. The lowest BCUT2D eigenvalue weighted by Crippen LogP contribution is -1.83. The highest BCUT2D eigenvalue weighted by molar-refractivity contribution is 5.92. The van der Waals surface area contributed by atoms with Crippen LogP contribution in [0.15, 0.2) is 36.4 Å². The van der Waals surface area contributed by atoms with Crippen molar-refractivity contribution in [1.29, 1.82) is 0 Å². The van der Waals surface area contributed by atoms with E-state index in [-0.39, 0.29) is 0 Å². The molecule has 0 N–H and O–H groups in total. The molecule has 0 aliphatic carbocycles. The van der Waals surface area contributed by atoms with Gasteiger partial charge in [0, 0.05) is 0 Å². The maximum Gasteiger partial charge on any atom is -0.0516 e. The van der Waals surface area contributed by atoms with Crippen molar-refractivity contribution in [3.63, 3.8) is 0 Å². The van der Waals surface area contributed by atoms with Crippen LogP contribution >= 0.6 is 0 Å². The molecule has 2 aromatic carbocycles. The Morgan fingerprint density at radius 2 is 1.29 bits per heavy atom. The van der Waals surface area contributed by atoms with Crippen LogP contribution in [0, 0.1) is 24.7 Å². The second-order valence-electron chi connectivity index (χ2n) is 2.96. The Hall–Kier alpha value is -2.18. The van der Waals surface area contributed by atoms with Crippen molar-refractivity contribution in [2.24, 2.45) is 0 Å². The summed E-state index contributed by atoms with van der Waals surface area (Å²) in [5, 5.41) is 1.89. The zero-order valence-electron chi connectivity index (χ0n) is 7.46. The van der Waals surface area contributed by atoms with E-state index in [0.29, 0.717) is 11.1 Å². The molecule has 0 atom stereocenters. The van der Waals surface area contributed by atoms with Gasteiger partial charge in [-0.3, -0.25) is 11.8 Å². The van der Waals surface area contributed by atoms with E-state index < -0.39 is 0 Å². The first-order chi connectivity index (χ1) is 6.86. The van der Waals surface area contributed by atoms with Gasteiger partial charge < -0.3 is 12.8 Å². The van der Waals surface area contributed by atoms with Crippen molar-refractivity contribution < 1.29 is 0 Å².